The maximum Gasteiger partial charge on any atom is 0.314 e. The summed E-state index contributed by atoms with van der Waals surface area (Å²) in [5, 5.41) is 0. The molecule has 0 saturated carbocycles. The number of urea groups is 1. The lowest BCUT2D eigenvalue weighted by molar-refractivity contribution is 0.0857. The van der Waals surface area contributed by atoms with E-state index in [4.69, 9.17) is 5.73 Å². The highest BCUT2D eigenvalue weighted by molar-refractivity contribution is 5.97. The molecule has 1 fully saturated rings. The van der Waals surface area contributed by atoms with Crippen LogP contribution in [0.4, 0.5) is 9.18 Å². The number of rotatable bonds is 2. The molecule has 5 heteroatoms. The first kappa shape index (κ1) is 12.5. The van der Waals surface area contributed by atoms with Gasteiger partial charge in [0.2, 0.25) is 0 Å². The number of carbonyl (C=O) groups is 2. The number of likely N-dealkylation sites (tertiary alicyclic amines) is 1. The Kier molecular flexibility index (Phi) is 3.60. The first-order valence-corrected chi connectivity index (χ1v) is 5.92. The maximum atomic E-state index is 12.8. The van der Waals surface area contributed by atoms with Gasteiger partial charge in [0.05, 0.1) is 0 Å². The summed E-state index contributed by atoms with van der Waals surface area (Å²) in [6.45, 7) is 1.01. The highest BCUT2D eigenvalue weighted by Crippen LogP contribution is 2.21. The van der Waals surface area contributed by atoms with Crippen LogP contribution >= 0.6 is 0 Å². The predicted molar refractivity (Wildman–Crippen MR) is 64.6 cm³/mol. The standard InChI is InChI=1S/C13H15FN2O2/c14-11-3-1-9(2-4-11)12(17)10-5-7-16(8-6-10)13(15)18/h1-4,10H,5-8H2,(H2,15,18). The Bertz CT molecular complexity index is 451. The van der Waals surface area contributed by atoms with Crippen LogP contribution in [0.3, 0.4) is 0 Å². The average Bonchev–Trinajstić information content (AvgIpc) is 2.39. The summed E-state index contributed by atoms with van der Waals surface area (Å²) in [5.41, 5.74) is 5.70. The minimum atomic E-state index is -0.442. The van der Waals surface area contributed by atoms with Gasteiger partial charge in [-0.25, -0.2) is 9.18 Å². The van der Waals surface area contributed by atoms with E-state index in [0.29, 0.717) is 31.5 Å². The number of piperidine rings is 1. The zero-order valence-corrected chi connectivity index (χ0v) is 9.93. The Morgan fingerprint density at radius 2 is 1.72 bits per heavy atom. The van der Waals surface area contributed by atoms with Crippen LogP contribution in [0.25, 0.3) is 0 Å². The van der Waals surface area contributed by atoms with Crippen LogP contribution in [0.15, 0.2) is 24.3 Å². The highest BCUT2D eigenvalue weighted by Gasteiger charge is 2.26. The van der Waals surface area contributed by atoms with Crippen LogP contribution in [-0.4, -0.2) is 29.8 Å². The van der Waals surface area contributed by atoms with Crippen LogP contribution in [0, 0.1) is 11.7 Å². The van der Waals surface area contributed by atoms with E-state index in [-0.39, 0.29) is 17.5 Å². The first-order valence-electron chi connectivity index (χ1n) is 5.92. The van der Waals surface area contributed by atoms with E-state index in [0.717, 1.165) is 0 Å². The summed E-state index contributed by atoms with van der Waals surface area (Å²) in [4.78, 5) is 24.6. The molecule has 1 heterocycles. The summed E-state index contributed by atoms with van der Waals surface area (Å²) in [6.07, 6.45) is 1.22. The molecule has 2 N–H and O–H groups in total. The third-order valence-electron chi connectivity index (χ3n) is 3.31. The quantitative estimate of drug-likeness (QED) is 0.813. The molecule has 1 saturated heterocycles. The number of Topliss-reactive ketones (excluding diaryl/α,β-unsaturated/α-hetero) is 1. The number of hydrogen-bond donors (Lipinski definition) is 1. The van der Waals surface area contributed by atoms with Crippen LogP contribution in [0.1, 0.15) is 23.2 Å². The van der Waals surface area contributed by atoms with Gasteiger partial charge in [-0.05, 0) is 37.1 Å². The van der Waals surface area contributed by atoms with Crippen molar-refractivity contribution in [1.29, 1.82) is 0 Å². The summed E-state index contributed by atoms with van der Waals surface area (Å²) in [6, 6.07) is 5.12. The number of benzene rings is 1. The molecule has 1 aromatic carbocycles. The molecule has 2 amide bonds. The number of primary amides is 1. The molecule has 1 aromatic rings. The van der Waals surface area contributed by atoms with Crippen LogP contribution in [0.5, 0.6) is 0 Å². The van der Waals surface area contributed by atoms with Crippen LogP contribution in [0.2, 0.25) is 0 Å². The second-order valence-electron chi connectivity index (χ2n) is 4.47. The number of nitrogens with two attached hydrogens (primary N) is 1. The number of ketones is 1. The monoisotopic (exact) mass is 250 g/mol. The van der Waals surface area contributed by atoms with E-state index in [2.05, 4.69) is 0 Å². The van der Waals surface area contributed by atoms with E-state index in [1.54, 1.807) is 0 Å². The SMILES string of the molecule is NC(=O)N1CCC(C(=O)c2ccc(F)cc2)CC1. The lowest BCUT2D eigenvalue weighted by atomic mass is 9.89. The molecule has 0 bridgehead atoms. The van der Waals surface area contributed by atoms with Crippen molar-refractivity contribution in [3.63, 3.8) is 0 Å². The normalized spacial score (nSPS) is 16.6. The summed E-state index contributed by atoms with van der Waals surface area (Å²) in [7, 11) is 0. The zero-order chi connectivity index (χ0) is 13.1. The van der Waals surface area contributed by atoms with Crippen molar-refractivity contribution in [2.24, 2.45) is 11.7 Å². The Hall–Kier alpha value is -1.91. The van der Waals surface area contributed by atoms with Gasteiger partial charge in [0, 0.05) is 24.6 Å². The van der Waals surface area contributed by atoms with Crippen molar-refractivity contribution in [2.45, 2.75) is 12.8 Å². The van der Waals surface area contributed by atoms with Gasteiger partial charge in [0.1, 0.15) is 5.82 Å². The molecule has 2 rings (SSSR count). The Labute approximate surface area is 105 Å². The lowest BCUT2D eigenvalue weighted by Gasteiger charge is -2.29. The lowest BCUT2D eigenvalue weighted by Crippen LogP contribution is -2.43. The van der Waals surface area contributed by atoms with Gasteiger partial charge in [-0.3, -0.25) is 4.79 Å². The second-order valence-corrected chi connectivity index (χ2v) is 4.47. The Balaban J connectivity index is 1.99. The van der Waals surface area contributed by atoms with Crippen LogP contribution in [-0.2, 0) is 0 Å². The van der Waals surface area contributed by atoms with Crippen molar-refractivity contribution in [2.75, 3.05) is 13.1 Å². The topological polar surface area (TPSA) is 63.4 Å². The molecule has 0 unspecified atom stereocenters. The van der Waals surface area contributed by atoms with Crippen molar-refractivity contribution in [3.8, 4) is 0 Å². The number of hydrogen-bond acceptors (Lipinski definition) is 2. The van der Waals surface area contributed by atoms with E-state index in [1.165, 1.54) is 29.2 Å². The van der Waals surface area contributed by atoms with Crippen molar-refractivity contribution < 1.29 is 14.0 Å². The molecule has 1 aliphatic heterocycles. The van der Waals surface area contributed by atoms with E-state index >= 15 is 0 Å². The Morgan fingerprint density at radius 3 is 2.22 bits per heavy atom. The molecule has 0 spiro atoms. The van der Waals surface area contributed by atoms with Gasteiger partial charge >= 0.3 is 6.03 Å². The molecule has 0 atom stereocenters. The van der Waals surface area contributed by atoms with Crippen LogP contribution < -0.4 is 5.73 Å². The fourth-order valence-corrected chi connectivity index (χ4v) is 2.21. The number of amides is 2. The third-order valence-corrected chi connectivity index (χ3v) is 3.31. The molecule has 1 aliphatic rings. The second kappa shape index (κ2) is 5.16. The molecule has 0 radical (unpaired) electrons. The largest absolute Gasteiger partial charge is 0.351 e. The van der Waals surface area contributed by atoms with E-state index < -0.39 is 6.03 Å². The minimum Gasteiger partial charge on any atom is -0.351 e. The molecule has 0 aromatic heterocycles. The van der Waals surface area contributed by atoms with Gasteiger partial charge in [-0.15, -0.1) is 0 Å². The molecule has 4 nitrogen and oxygen atoms in total. The fraction of sp³-hybridized carbons (Fsp3) is 0.385. The summed E-state index contributed by atoms with van der Waals surface area (Å²) in [5.74, 6) is -0.444. The van der Waals surface area contributed by atoms with Gasteiger partial charge in [-0.1, -0.05) is 0 Å². The van der Waals surface area contributed by atoms with Gasteiger partial charge in [0.25, 0.3) is 0 Å². The molecule has 18 heavy (non-hydrogen) atoms. The Morgan fingerprint density at radius 1 is 1.17 bits per heavy atom. The van der Waals surface area contributed by atoms with Gasteiger partial charge < -0.3 is 10.6 Å². The third kappa shape index (κ3) is 2.67. The van der Waals surface area contributed by atoms with Crippen molar-refractivity contribution in [3.05, 3.63) is 35.6 Å². The first-order chi connectivity index (χ1) is 8.58. The van der Waals surface area contributed by atoms with Gasteiger partial charge in [0.15, 0.2) is 5.78 Å². The number of carbonyl (C=O) groups excluding carboxylic acids is 2. The zero-order valence-electron chi connectivity index (χ0n) is 9.93. The van der Waals surface area contributed by atoms with Gasteiger partial charge in [-0.2, -0.15) is 0 Å². The molecular weight excluding hydrogens is 235 g/mol. The van der Waals surface area contributed by atoms with Crippen molar-refractivity contribution in [1.82, 2.24) is 4.90 Å². The van der Waals surface area contributed by atoms with Crippen molar-refractivity contribution >= 4 is 11.8 Å². The molecule has 96 valence electrons. The minimum absolute atomic E-state index is 0.0131. The molecule has 0 aliphatic carbocycles. The maximum absolute atomic E-state index is 12.8. The fourth-order valence-electron chi connectivity index (χ4n) is 2.21. The molecular formula is C13H15FN2O2. The number of nitrogens with zero attached hydrogens (tertiary/aromatic N) is 1. The smallest absolute Gasteiger partial charge is 0.314 e. The predicted octanol–water partition coefficient (Wildman–Crippen LogP) is 1.80. The summed E-state index contributed by atoms with van der Waals surface area (Å²) >= 11 is 0. The van der Waals surface area contributed by atoms with E-state index in [1.807, 2.05) is 0 Å². The number of halogens is 1. The average molecular weight is 250 g/mol. The van der Waals surface area contributed by atoms with E-state index in [9.17, 15) is 14.0 Å². The highest BCUT2D eigenvalue weighted by atomic mass is 19.1. The summed E-state index contributed by atoms with van der Waals surface area (Å²) < 4.78 is 12.8.